The molecule has 17 heavy (non-hydrogen) atoms. The van der Waals surface area contributed by atoms with Gasteiger partial charge < -0.3 is 10.2 Å². The summed E-state index contributed by atoms with van der Waals surface area (Å²) in [6, 6.07) is 6.59. The number of nitrogens with one attached hydrogen (secondary N) is 1. The van der Waals surface area contributed by atoms with E-state index in [0.717, 1.165) is 24.3 Å². The van der Waals surface area contributed by atoms with E-state index in [0.29, 0.717) is 12.1 Å². The largest absolute Gasteiger partial charge is 0.365 e. The fourth-order valence-corrected chi connectivity index (χ4v) is 3.29. The van der Waals surface area contributed by atoms with Crippen molar-refractivity contribution in [2.45, 2.75) is 38.3 Å². The van der Waals surface area contributed by atoms with Gasteiger partial charge in [-0.1, -0.05) is 6.07 Å². The number of hydrogen-bond acceptors (Lipinski definition) is 2. The lowest BCUT2D eigenvalue weighted by molar-refractivity contribution is 0.403. The summed E-state index contributed by atoms with van der Waals surface area (Å²) in [7, 11) is 0. The average Bonchev–Trinajstić information content (AvgIpc) is 2.81. The van der Waals surface area contributed by atoms with Gasteiger partial charge in [-0.3, -0.25) is 0 Å². The van der Waals surface area contributed by atoms with Gasteiger partial charge in [-0.2, -0.15) is 0 Å². The molecule has 1 heterocycles. The Bertz CT molecular complexity index is 419. The van der Waals surface area contributed by atoms with Crippen molar-refractivity contribution in [3.63, 3.8) is 0 Å². The second kappa shape index (κ2) is 4.30. The molecular formula is C14H19FN2. The van der Waals surface area contributed by atoms with Gasteiger partial charge in [0.25, 0.3) is 0 Å². The van der Waals surface area contributed by atoms with Crippen LogP contribution in [-0.2, 0) is 0 Å². The monoisotopic (exact) mass is 234 g/mol. The summed E-state index contributed by atoms with van der Waals surface area (Å²) in [6.45, 7) is 3.89. The van der Waals surface area contributed by atoms with Crippen LogP contribution in [0.3, 0.4) is 0 Å². The SMILES string of the molecule is Cc1c(F)cccc1N1CCN[C@@H]2CCC[C@H]21. The van der Waals surface area contributed by atoms with Crippen molar-refractivity contribution in [1.82, 2.24) is 5.32 Å². The Kier molecular flexibility index (Phi) is 2.79. The molecule has 1 aromatic carbocycles. The molecule has 0 aromatic heterocycles. The van der Waals surface area contributed by atoms with Crippen LogP contribution >= 0.6 is 0 Å². The first kappa shape index (κ1) is 11.0. The molecule has 3 heteroatoms. The van der Waals surface area contributed by atoms with E-state index in [4.69, 9.17) is 0 Å². The highest BCUT2D eigenvalue weighted by atomic mass is 19.1. The Labute approximate surface area is 102 Å². The molecule has 2 nitrogen and oxygen atoms in total. The second-order valence-electron chi connectivity index (χ2n) is 5.14. The normalized spacial score (nSPS) is 28.2. The van der Waals surface area contributed by atoms with Crippen LogP contribution in [-0.4, -0.2) is 25.2 Å². The van der Waals surface area contributed by atoms with Gasteiger partial charge in [0.2, 0.25) is 0 Å². The van der Waals surface area contributed by atoms with E-state index in [-0.39, 0.29) is 5.82 Å². The van der Waals surface area contributed by atoms with Crippen molar-refractivity contribution < 1.29 is 4.39 Å². The molecule has 0 unspecified atom stereocenters. The van der Waals surface area contributed by atoms with Gasteiger partial charge in [-0.15, -0.1) is 0 Å². The topological polar surface area (TPSA) is 15.3 Å². The van der Waals surface area contributed by atoms with Crippen molar-refractivity contribution in [3.05, 3.63) is 29.6 Å². The lowest BCUT2D eigenvalue weighted by Gasteiger charge is -2.40. The van der Waals surface area contributed by atoms with Gasteiger partial charge >= 0.3 is 0 Å². The summed E-state index contributed by atoms with van der Waals surface area (Å²) in [4.78, 5) is 2.41. The third-order valence-corrected chi connectivity index (χ3v) is 4.19. The third kappa shape index (κ3) is 1.82. The Morgan fingerprint density at radius 3 is 3.12 bits per heavy atom. The number of piperazine rings is 1. The molecule has 0 bridgehead atoms. The quantitative estimate of drug-likeness (QED) is 0.803. The maximum atomic E-state index is 13.6. The molecule has 1 N–H and O–H groups in total. The average molecular weight is 234 g/mol. The van der Waals surface area contributed by atoms with E-state index >= 15 is 0 Å². The van der Waals surface area contributed by atoms with Crippen molar-refractivity contribution in [2.24, 2.45) is 0 Å². The highest BCUT2D eigenvalue weighted by Crippen LogP contribution is 2.32. The lowest BCUT2D eigenvalue weighted by Crippen LogP contribution is -2.55. The molecule has 0 spiro atoms. The smallest absolute Gasteiger partial charge is 0.128 e. The number of halogens is 1. The predicted octanol–water partition coefficient (Wildman–Crippen LogP) is 2.46. The van der Waals surface area contributed by atoms with E-state index in [1.54, 1.807) is 6.07 Å². The maximum Gasteiger partial charge on any atom is 0.128 e. The van der Waals surface area contributed by atoms with Gasteiger partial charge in [-0.25, -0.2) is 4.39 Å². The fraction of sp³-hybridized carbons (Fsp3) is 0.571. The molecule has 0 amide bonds. The van der Waals surface area contributed by atoms with E-state index in [1.807, 2.05) is 13.0 Å². The summed E-state index contributed by atoms with van der Waals surface area (Å²) in [5.74, 6) is -0.0874. The number of hydrogen-bond donors (Lipinski definition) is 1. The zero-order valence-corrected chi connectivity index (χ0v) is 10.2. The minimum atomic E-state index is -0.0874. The van der Waals surface area contributed by atoms with Crippen molar-refractivity contribution in [3.8, 4) is 0 Å². The van der Waals surface area contributed by atoms with Gasteiger partial charge in [-0.05, 0) is 38.3 Å². The van der Waals surface area contributed by atoms with Gasteiger partial charge in [0.15, 0.2) is 0 Å². The first-order valence-corrected chi connectivity index (χ1v) is 6.52. The minimum Gasteiger partial charge on any atom is -0.365 e. The molecule has 2 aliphatic rings. The standard InChI is InChI=1S/C14H19FN2/c1-10-11(15)4-2-6-13(10)17-9-8-16-12-5-3-7-14(12)17/h2,4,6,12,14,16H,3,5,7-9H2,1H3/t12-,14-/m1/s1. The van der Waals surface area contributed by atoms with Crippen LogP contribution in [0.4, 0.5) is 10.1 Å². The highest BCUT2D eigenvalue weighted by Gasteiger charge is 2.35. The fourth-order valence-electron chi connectivity index (χ4n) is 3.29. The summed E-state index contributed by atoms with van der Waals surface area (Å²) in [6.07, 6.45) is 3.77. The highest BCUT2D eigenvalue weighted by molar-refractivity contribution is 5.55. The summed E-state index contributed by atoms with van der Waals surface area (Å²) in [5.41, 5.74) is 1.88. The molecular weight excluding hydrogens is 215 g/mol. The first-order valence-electron chi connectivity index (χ1n) is 6.52. The molecule has 1 aliphatic carbocycles. The Morgan fingerprint density at radius 2 is 2.24 bits per heavy atom. The van der Waals surface area contributed by atoms with Crippen molar-refractivity contribution in [1.29, 1.82) is 0 Å². The molecule has 1 aromatic rings. The molecule has 3 rings (SSSR count). The van der Waals surface area contributed by atoms with Crippen molar-refractivity contribution in [2.75, 3.05) is 18.0 Å². The second-order valence-corrected chi connectivity index (χ2v) is 5.14. The molecule has 2 atom stereocenters. The zero-order chi connectivity index (χ0) is 11.8. The number of nitrogens with zero attached hydrogens (tertiary/aromatic N) is 1. The van der Waals surface area contributed by atoms with Crippen LogP contribution in [0.25, 0.3) is 0 Å². The molecule has 1 saturated carbocycles. The Morgan fingerprint density at radius 1 is 1.35 bits per heavy atom. The Balaban J connectivity index is 1.94. The number of benzene rings is 1. The van der Waals surface area contributed by atoms with Gasteiger partial charge in [0, 0.05) is 36.4 Å². The lowest BCUT2D eigenvalue weighted by atomic mass is 10.0. The molecule has 92 valence electrons. The van der Waals surface area contributed by atoms with Crippen LogP contribution in [0.5, 0.6) is 0 Å². The number of anilines is 1. The summed E-state index contributed by atoms with van der Waals surface area (Å²) in [5, 5.41) is 3.58. The van der Waals surface area contributed by atoms with Gasteiger partial charge in [0.05, 0.1) is 0 Å². The summed E-state index contributed by atoms with van der Waals surface area (Å²) < 4.78 is 13.6. The van der Waals surface area contributed by atoms with Crippen LogP contribution in [0, 0.1) is 12.7 Å². The zero-order valence-electron chi connectivity index (χ0n) is 10.2. The predicted molar refractivity (Wildman–Crippen MR) is 67.9 cm³/mol. The van der Waals surface area contributed by atoms with E-state index in [1.165, 1.54) is 19.3 Å². The van der Waals surface area contributed by atoms with E-state index in [2.05, 4.69) is 16.3 Å². The van der Waals surface area contributed by atoms with Crippen LogP contribution in [0.1, 0.15) is 24.8 Å². The van der Waals surface area contributed by atoms with E-state index in [9.17, 15) is 4.39 Å². The van der Waals surface area contributed by atoms with Crippen LogP contribution in [0.15, 0.2) is 18.2 Å². The molecule has 1 saturated heterocycles. The maximum absolute atomic E-state index is 13.6. The number of fused-ring (bicyclic) bond motifs is 1. The molecule has 1 aliphatic heterocycles. The minimum absolute atomic E-state index is 0.0874. The molecule has 2 fully saturated rings. The first-order chi connectivity index (χ1) is 8.27. The van der Waals surface area contributed by atoms with Crippen molar-refractivity contribution >= 4 is 5.69 Å². The van der Waals surface area contributed by atoms with E-state index < -0.39 is 0 Å². The number of rotatable bonds is 1. The Hall–Kier alpha value is -1.09. The molecule has 0 radical (unpaired) electrons. The van der Waals surface area contributed by atoms with Gasteiger partial charge in [0.1, 0.15) is 5.82 Å². The third-order valence-electron chi connectivity index (χ3n) is 4.19. The van der Waals surface area contributed by atoms with Crippen LogP contribution < -0.4 is 10.2 Å². The van der Waals surface area contributed by atoms with Crippen LogP contribution in [0.2, 0.25) is 0 Å². The summed E-state index contributed by atoms with van der Waals surface area (Å²) >= 11 is 0.